The molecule has 0 N–H and O–H groups in total. The van der Waals surface area contributed by atoms with Gasteiger partial charge in [-0.05, 0) is 42.9 Å². The van der Waals surface area contributed by atoms with Crippen LogP contribution in [0.3, 0.4) is 0 Å². The van der Waals surface area contributed by atoms with E-state index in [4.69, 9.17) is 11.6 Å². The molecule has 0 saturated heterocycles. The number of Topliss-reactive ketones (excluding diaryl/α,β-unsaturated/α-hetero) is 1. The number of halogens is 2. The van der Waals surface area contributed by atoms with Gasteiger partial charge in [-0.15, -0.1) is 0 Å². The van der Waals surface area contributed by atoms with Crippen molar-refractivity contribution < 1.29 is 9.18 Å². The Bertz CT molecular complexity index is 681. The van der Waals surface area contributed by atoms with Crippen LogP contribution in [0.5, 0.6) is 0 Å². The van der Waals surface area contributed by atoms with Crippen LogP contribution >= 0.6 is 11.6 Å². The number of carbonyl (C=O) groups is 1. The fraction of sp³-hybridized carbons (Fsp3) is 0.278. The number of rotatable bonds is 2. The van der Waals surface area contributed by atoms with Crippen molar-refractivity contribution in [1.82, 2.24) is 0 Å². The van der Waals surface area contributed by atoms with E-state index in [0.29, 0.717) is 6.42 Å². The van der Waals surface area contributed by atoms with Crippen molar-refractivity contribution in [3.8, 4) is 0 Å². The maximum Gasteiger partial charge on any atom is 0.166 e. The second-order valence-corrected chi connectivity index (χ2v) is 5.91. The predicted molar refractivity (Wildman–Crippen MR) is 82.3 cm³/mol. The van der Waals surface area contributed by atoms with Crippen molar-refractivity contribution in [1.29, 1.82) is 0 Å². The van der Waals surface area contributed by atoms with Gasteiger partial charge < -0.3 is 0 Å². The molecule has 1 unspecified atom stereocenters. The van der Waals surface area contributed by atoms with Gasteiger partial charge in [0.25, 0.3) is 0 Å². The first-order chi connectivity index (χ1) is 10.2. The van der Waals surface area contributed by atoms with Gasteiger partial charge in [0.1, 0.15) is 5.82 Å². The van der Waals surface area contributed by atoms with Gasteiger partial charge in [0.05, 0.1) is 5.02 Å². The molecule has 0 amide bonds. The molecule has 1 aliphatic carbocycles. The molecule has 0 aromatic heterocycles. The normalized spacial score (nSPS) is 18.2. The lowest BCUT2D eigenvalue weighted by atomic mass is 9.89. The van der Waals surface area contributed by atoms with Crippen molar-refractivity contribution in [2.45, 2.75) is 25.7 Å². The van der Waals surface area contributed by atoms with Gasteiger partial charge in [-0.25, -0.2) is 4.39 Å². The zero-order valence-electron chi connectivity index (χ0n) is 11.6. The number of benzene rings is 2. The third-order valence-electron chi connectivity index (χ3n) is 4.15. The lowest BCUT2D eigenvalue weighted by molar-refractivity contribution is 0.0915. The van der Waals surface area contributed by atoms with Crippen LogP contribution in [-0.2, 0) is 12.8 Å². The Balaban J connectivity index is 1.90. The maximum absolute atomic E-state index is 13.5. The summed E-state index contributed by atoms with van der Waals surface area (Å²) < 4.78 is 13.5. The molecule has 108 valence electrons. The van der Waals surface area contributed by atoms with Gasteiger partial charge >= 0.3 is 0 Å². The third kappa shape index (κ3) is 2.86. The second-order valence-electron chi connectivity index (χ2n) is 5.53. The number of hydrogen-bond donors (Lipinski definition) is 0. The Hall–Kier alpha value is -1.67. The molecule has 0 bridgehead atoms. The average Bonchev–Trinajstić information content (AvgIpc) is 2.65. The fourth-order valence-corrected chi connectivity index (χ4v) is 3.24. The highest BCUT2D eigenvalue weighted by Crippen LogP contribution is 2.29. The van der Waals surface area contributed by atoms with Crippen molar-refractivity contribution >= 4 is 17.4 Å². The van der Waals surface area contributed by atoms with Crippen LogP contribution in [0.1, 0.15) is 34.3 Å². The summed E-state index contributed by atoms with van der Waals surface area (Å²) in [5.74, 6) is -0.382. The molecule has 0 spiro atoms. The topological polar surface area (TPSA) is 17.1 Å². The second kappa shape index (κ2) is 5.98. The summed E-state index contributed by atoms with van der Waals surface area (Å²) in [7, 11) is 0. The van der Waals surface area contributed by atoms with E-state index in [2.05, 4.69) is 0 Å². The molecule has 3 heteroatoms. The van der Waals surface area contributed by atoms with Crippen LogP contribution < -0.4 is 0 Å². The molecule has 0 heterocycles. The first-order valence-corrected chi connectivity index (χ1v) is 7.59. The smallest absolute Gasteiger partial charge is 0.166 e. The van der Waals surface area contributed by atoms with Gasteiger partial charge in [0, 0.05) is 11.5 Å². The highest BCUT2D eigenvalue weighted by Gasteiger charge is 2.26. The predicted octanol–water partition coefficient (Wildman–Crippen LogP) is 4.86. The van der Waals surface area contributed by atoms with Gasteiger partial charge in [-0.1, -0.05) is 48.0 Å². The zero-order valence-corrected chi connectivity index (χ0v) is 12.4. The molecule has 21 heavy (non-hydrogen) atoms. The molecule has 2 aromatic carbocycles. The lowest BCUT2D eigenvalue weighted by Gasteiger charge is -2.15. The van der Waals surface area contributed by atoms with Crippen LogP contribution in [0.4, 0.5) is 4.39 Å². The van der Waals surface area contributed by atoms with Crippen molar-refractivity contribution in [2.24, 2.45) is 5.92 Å². The Kier molecular flexibility index (Phi) is 4.07. The number of aryl methyl sites for hydroxylation is 1. The quantitative estimate of drug-likeness (QED) is 0.724. The molecule has 0 aliphatic heterocycles. The van der Waals surface area contributed by atoms with Crippen LogP contribution in [0.15, 0.2) is 42.5 Å². The number of ketones is 1. The largest absolute Gasteiger partial charge is 0.294 e. The first-order valence-electron chi connectivity index (χ1n) is 7.22. The average molecular weight is 303 g/mol. The molecule has 0 fully saturated rings. The summed E-state index contributed by atoms with van der Waals surface area (Å²) >= 11 is 6.01. The summed E-state index contributed by atoms with van der Waals surface area (Å²) in [6, 6.07) is 12.6. The standard InChI is InChI=1S/C18H16ClFO/c19-17-13(7-4-10-16(17)20)11-14-8-3-6-12-5-1-2-9-15(12)18(14)21/h1-2,4-5,7,9-10,14H,3,6,8,11H2. The van der Waals surface area contributed by atoms with Gasteiger partial charge in [0.15, 0.2) is 5.78 Å². The molecule has 1 atom stereocenters. The number of fused-ring (bicyclic) bond motifs is 1. The van der Waals surface area contributed by atoms with Gasteiger partial charge in [0.2, 0.25) is 0 Å². The van der Waals surface area contributed by atoms with E-state index >= 15 is 0 Å². The Morgan fingerprint density at radius 3 is 2.81 bits per heavy atom. The third-order valence-corrected chi connectivity index (χ3v) is 4.57. The minimum atomic E-state index is -0.421. The highest BCUT2D eigenvalue weighted by molar-refractivity contribution is 6.31. The fourth-order valence-electron chi connectivity index (χ4n) is 3.03. The Labute approximate surface area is 128 Å². The van der Waals surface area contributed by atoms with E-state index in [1.165, 1.54) is 6.07 Å². The molecule has 2 aromatic rings. The summed E-state index contributed by atoms with van der Waals surface area (Å²) in [4.78, 5) is 12.7. The van der Waals surface area contributed by atoms with E-state index in [9.17, 15) is 9.18 Å². The van der Waals surface area contributed by atoms with E-state index < -0.39 is 5.82 Å². The number of hydrogen-bond acceptors (Lipinski definition) is 1. The molecular formula is C18H16ClFO. The minimum Gasteiger partial charge on any atom is -0.294 e. The van der Waals surface area contributed by atoms with E-state index in [-0.39, 0.29) is 16.7 Å². The maximum atomic E-state index is 13.5. The summed E-state index contributed by atoms with van der Waals surface area (Å²) in [5, 5.41) is 0.142. The lowest BCUT2D eigenvalue weighted by Crippen LogP contribution is -2.17. The monoisotopic (exact) mass is 302 g/mol. The van der Waals surface area contributed by atoms with Crippen molar-refractivity contribution in [3.05, 3.63) is 70.0 Å². The SMILES string of the molecule is O=C1c2ccccc2CCCC1Cc1cccc(F)c1Cl. The van der Waals surface area contributed by atoms with Gasteiger partial charge in [-0.2, -0.15) is 0 Å². The summed E-state index contributed by atoms with van der Waals surface area (Å²) in [5.41, 5.74) is 2.65. The van der Waals surface area contributed by atoms with Crippen LogP contribution in [0.2, 0.25) is 5.02 Å². The highest BCUT2D eigenvalue weighted by atomic mass is 35.5. The molecular weight excluding hydrogens is 287 g/mol. The molecule has 1 aliphatic rings. The molecule has 3 rings (SSSR count). The van der Waals surface area contributed by atoms with E-state index in [0.717, 1.165) is 36.0 Å². The Morgan fingerprint density at radius 2 is 1.95 bits per heavy atom. The van der Waals surface area contributed by atoms with Crippen LogP contribution in [0, 0.1) is 11.7 Å². The minimum absolute atomic E-state index is 0.118. The van der Waals surface area contributed by atoms with Crippen molar-refractivity contribution in [3.63, 3.8) is 0 Å². The first kappa shape index (κ1) is 14.3. The van der Waals surface area contributed by atoms with E-state index in [1.807, 2.05) is 24.3 Å². The van der Waals surface area contributed by atoms with Gasteiger partial charge in [-0.3, -0.25) is 4.79 Å². The van der Waals surface area contributed by atoms with Crippen LogP contribution in [0.25, 0.3) is 0 Å². The molecule has 0 saturated carbocycles. The summed E-state index contributed by atoms with van der Waals surface area (Å²) in [6.45, 7) is 0. The molecule has 0 radical (unpaired) electrons. The Morgan fingerprint density at radius 1 is 1.14 bits per heavy atom. The van der Waals surface area contributed by atoms with Crippen molar-refractivity contribution in [2.75, 3.05) is 0 Å². The number of carbonyl (C=O) groups excluding carboxylic acids is 1. The molecule has 1 nitrogen and oxygen atoms in total. The van der Waals surface area contributed by atoms with Crippen LogP contribution in [-0.4, -0.2) is 5.78 Å². The summed E-state index contributed by atoms with van der Waals surface area (Å²) in [6.07, 6.45) is 3.22. The zero-order chi connectivity index (χ0) is 14.8. The van der Waals surface area contributed by atoms with E-state index in [1.54, 1.807) is 12.1 Å².